The zero-order valence-electron chi connectivity index (χ0n) is 14.3. The van der Waals surface area contributed by atoms with Crippen molar-refractivity contribution in [1.82, 2.24) is 0 Å². The summed E-state index contributed by atoms with van der Waals surface area (Å²) < 4.78 is 5.11. The maximum atomic E-state index is 12.5. The smallest absolute Gasteiger partial charge is 0.248 e. The monoisotopic (exact) mass is 353 g/mol. The molecule has 0 spiro atoms. The van der Waals surface area contributed by atoms with Crippen LogP contribution in [0.4, 0.5) is 11.4 Å². The van der Waals surface area contributed by atoms with E-state index in [1.807, 2.05) is 0 Å². The molecule has 1 fully saturated rings. The zero-order chi connectivity index (χ0) is 18.7. The number of nitrogens with one attached hydrogen (secondary N) is 1. The number of ether oxygens (including phenoxy) is 1. The molecule has 1 heterocycles. The van der Waals surface area contributed by atoms with E-state index in [1.54, 1.807) is 60.5 Å². The third-order valence-electron chi connectivity index (χ3n) is 4.32. The van der Waals surface area contributed by atoms with Gasteiger partial charge in [0, 0.05) is 29.9 Å². The molecule has 134 valence electrons. The summed E-state index contributed by atoms with van der Waals surface area (Å²) in [7, 11) is 1.58. The molecule has 3 rings (SSSR count). The predicted octanol–water partition coefficient (Wildman–Crippen LogP) is 1.79. The highest BCUT2D eigenvalue weighted by atomic mass is 16.5. The number of hydrogen-bond donors (Lipinski definition) is 2. The molecule has 0 aromatic heterocycles. The van der Waals surface area contributed by atoms with Crippen LogP contribution in [-0.2, 0) is 9.59 Å². The first-order chi connectivity index (χ1) is 12.5. The lowest BCUT2D eigenvalue weighted by atomic mass is 10.1. The minimum absolute atomic E-state index is 0.0978. The van der Waals surface area contributed by atoms with Gasteiger partial charge in [0.25, 0.3) is 0 Å². The van der Waals surface area contributed by atoms with Crippen molar-refractivity contribution in [1.29, 1.82) is 0 Å². The van der Waals surface area contributed by atoms with Crippen molar-refractivity contribution in [3.63, 3.8) is 0 Å². The summed E-state index contributed by atoms with van der Waals surface area (Å²) in [4.78, 5) is 37.4. The SMILES string of the molecule is COc1ccc(N2C[C@@H](C(=O)Nc3ccc(C(N)=O)cc3)CC2=O)cc1. The van der Waals surface area contributed by atoms with E-state index in [9.17, 15) is 14.4 Å². The second-order valence-electron chi connectivity index (χ2n) is 6.03. The van der Waals surface area contributed by atoms with Crippen molar-refractivity contribution in [2.45, 2.75) is 6.42 Å². The molecular formula is C19H19N3O4. The Balaban J connectivity index is 1.65. The Hall–Kier alpha value is -3.35. The van der Waals surface area contributed by atoms with E-state index in [0.29, 0.717) is 23.5 Å². The molecule has 3 N–H and O–H groups in total. The highest BCUT2D eigenvalue weighted by Gasteiger charge is 2.35. The van der Waals surface area contributed by atoms with E-state index in [-0.39, 0.29) is 18.2 Å². The van der Waals surface area contributed by atoms with Crippen LogP contribution in [0.2, 0.25) is 0 Å². The lowest BCUT2D eigenvalue weighted by molar-refractivity contribution is -0.122. The van der Waals surface area contributed by atoms with Crippen LogP contribution in [0.5, 0.6) is 5.75 Å². The number of benzene rings is 2. The molecule has 0 bridgehead atoms. The maximum absolute atomic E-state index is 12.5. The zero-order valence-corrected chi connectivity index (χ0v) is 14.3. The van der Waals surface area contributed by atoms with E-state index in [0.717, 1.165) is 5.69 Å². The highest BCUT2D eigenvalue weighted by molar-refractivity contribution is 6.03. The van der Waals surface area contributed by atoms with Crippen LogP contribution in [0.1, 0.15) is 16.8 Å². The van der Waals surface area contributed by atoms with Crippen LogP contribution in [0.3, 0.4) is 0 Å². The van der Waals surface area contributed by atoms with Crippen molar-refractivity contribution >= 4 is 29.1 Å². The number of nitrogens with zero attached hydrogens (tertiary/aromatic N) is 1. The molecule has 0 aliphatic carbocycles. The molecule has 3 amide bonds. The molecule has 1 atom stereocenters. The summed E-state index contributed by atoms with van der Waals surface area (Å²) in [6.45, 7) is 0.316. The number of primary amides is 1. The average molecular weight is 353 g/mol. The van der Waals surface area contributed by atoms with Gasteiger partial charge in [0.15, 0.2) is 0 Å². The fourth-order valence-corrected chi connectivity index (χ4v) is 2.86. The van der Waals surface area contributed by atoms with Gasteiger partial charge in [0.1, 0.15) is 5.75 Å². The van der Waals surface area contributed by atoms with Gasteiger partial charge in [-0.05, 0) is 48.5 Å². The van der Waals surface area contributed by atoms with Crippen LogP contribution in [-0.4, -0.2) is 31.4 Å². The Morgan fingerprint density at radius 3 is 2.35 bits per heavy atom. The second-order valence-corrected chi connectivity index (χ2v) is 6.03. The van der Waals surface area contributed by atoms with Crippen LogP contribution >= 0.6 is 0 Å². The third kappa shape index (κ3) is 3.66. The van der Waals surface area contributed by atoms with Crippen molar-refractivity contribution in [2.24, 2.45) is 11.7 Å². The van der Waals surface area contributed by atoms with Crippen molar-refractivity contribution < 1.29 is 19.1 Å². The molecule has 0 radical (unpaired) electrons. The van der Waals surface area contributed by atoms with Gasteiger partial charge in [0.2, 0.25) is 17.7 Å². The molecule has 1 aliphatic heterocycles. The Labute approximate surface area is 150 Å². The van der Waals surface area contributed by atoms with Gasteiger partial charge in [-0.3, -0.25) is 14.4 Å². The Morgan fingerprint density at radius 2 is 1.77 bits per heavy atom. The first kappa shape index (κ1) is 17.5. The minimum atomic E-state index is -0.528. The van der Waals surface area contributed by atoms with Gasteiger partial charge >= 0.3 is 0 Å². The molecule has 7 nitrogen and oxygen atoms in total. The minimum Gasteiger partial charge on any atom is -0.497 e. The maximum Gasteiger partial charge on any atom is 0.248 e. The summed E-state index contributed by atoms with van der Waals surface area (Å²) in [6, 6.07) is 13.4. The number of anilines is 2. The number of carbonyl (C=O) groups excluding carboxylic acids is 3. The van der Waals surface area contributed by atoms with Gasteiger partial charge < -0.3 is 20.7 Å². The molecule has 26 heavy (non-hydrogen) atoms. The van der Waals surface area contributed by atoms with Crippen LogP contribution in [0.15, 0.2) is 48.5 Å². The number of methoxy groups -OCH3 is 1. The van der Waals surface area contributed by atoms with Crippen LogP contribution in [0.25, 0.3) is 0 Å². The van der Waals surface area contributed by atoms with E-state index in [4.69, 9.17) is 10.5 Å². The molecule has 1 saturated heterocycles. The quantitative estimate of drug-likeness (QED) is 0.855. The number of nitrogens with two attached hydrogens (primary N) is 1. The third-order valence-corrected chi connectivity index (χ3v) is 4.32. The normalized spacial score (nSPS) is 16.4. The van der Waals surface area contributed by atoms with E-state index in [1.165, 1.54) is 0 Å². The summed E-state index contributed by atoms with van der Waals surface area (Å²) >= 11 is 0. The number of hydrogen-bond acceptors (Lipinski definition) is 4. The first-order valence-electron chi connectivity index (χ1n) is 8.13. The largest absolute Gasteiger partial charge is 0.497 e. The van der Waals surface area contributed by atoms with Gasteiger partial charge in [-0.2, -0.15) is 0 Å². The van der Waals surface area contributed by atoms with Gasteiger partial charge in [-0.25, -0.2) is 0 Å². The molecule has 7 heteroatoms. The lowest BCUT2D eigenvalue weighted by Gasteiger charge is -2.17. The van der Waals surface area contributed by atoms with Crippen LogP contribution < -0.4 is 20.7 Å². The number of carbonyl (C=O) groups is 3. The fraction of sp³-hybridized carbons (Fsp3) is 0.211. The summed E-state index contributed by atoms with van der Waals surface area (Å²) in [5.74, 6) is -0.602. The number of amides is 3. The average Bonchev–Trinajstić information content (AvgIpc) is 3.04. The van der Waals surface area contributed by atoms with Gasteiger partial charge in [-0.15, -0.1) is 0 Å². The summed E-state index contributed by atoms with van der Waals surface area (Å²) in [5.41, 5.74) is 6.84. The summed E-state index contributed by atoms with van der Waals surface area (Å²) in [6.07, 6.45) is 0.150. The predicted molar refractivity (Wildman–Crippen MR) is 97.0 cm³/mol. The Morgan fingerprint density at radius 1 is 1.12 bits per heavy atom. The highest BCUT2D eigenvalue weighted by Crippen LogP contribution is 2.27. The molecule has 0 saturated carbocycles. The molecule has 0 unspecified atom stereocenters. The molecule has 1 aliphatic rings. The standard InChI is InChI=1S/C19H19N3O4/c1-26-16-8-6-15(7-9-16)22-11-13(10-17(22)23)19(25)21-14-4-2-12(3-5-14)18(20)24/h2-9,13H,10-11H2,1H3,(H2,20,24)(H,21,25)/t13-/m0/s1. The molecule has 2 aromatic carbocycles. The van der Waals surface area contributed by atoms with Crippen molar-refractivity contribution in [3.8, 4) is 5.75 Å². The van der Waals surface area contributed by atoms with Crippen molar-refractivity contribution in [2.75, 3.05) is 23.9 Å². The van der Waals surface area contributed by atoms with Crippen molar-refractivity contribution in [3.05, 3.63) is 54.1 Å². The van der Waals surface area contributed by atoms with Crippen LogP contribution in [0, 0.1) is 5.92 Å². The lowest BCUT2D eigenvalue weighted by Crippen LogP contribution is -2.28. The first-order valence-corrected chi connectivity index (χ1v) is 8.13. The second kappa shape index (κ2) is 7.26. The Bertz CT molecular complexity index is 831. The number of rotatable bonds is 5. The van der Waals surface area contributed by atoms with E-state index in [2.05, 4.69) is 5.32 Å². The topological polar surface area (TPSA) is 102 Å². The molecular weight excluding hydrogens is 334 g/mol. The van der Waals surface area contributed by atoms with Gasteiger partial charge in [0.05, 0.1) is 13.0 Å². The molecule has 2 aromatic rings. The van der Waals surface area contributed by atoms with E-state index >= 15 is 0 Å². The Kier molecular flexibility index (Phi) is 4.88. The fourth-order valence-electron chi connectivity index (χ4n) is 2.86. The van der Waals surface area contributed by atoms with E-state index < -0.39 is 11.8 Å². The summed E-state index contributed by atoms with van der Waals surface area (Å²) in [5, 5.41) is 2.77. The van der Waals surface area contributed by atoms with Gasteiger partial charge in [-0.1, -0.05) is 0 Å².